The molecule has 0 spiro atoms. The second-order valence-corrected chi connectivity index (χ2v) is 8.70. The molecule has 1 aromatic heterocycles. The van der Waals surface area contributed by atoms with Crippen molar-refractivity contribution in [2.45, 2.75) is 34.2 Å². The van der Waals surface area contributed by atoms with Crippen LogP contribution in [0.15, 0.2) is 15.4 Å². The lowest BCUT2D eigenvalue weighted by molar-refractivity contribution is -0.120. The predicted octanol–water partition coefficient (Wildman–Crippen LogP) is 1.11. The van der Waals surface area contributed by atoms with Crippen molar-refractivity contribution in [3.8, 4) is 0 Å². The highest BCUT2D eigenvalue weighted by Gasteiger charge is 2.35. The van der Waals surface area contributed by atoms with E-state index in [1.165, 1.54) is 26.8 Å². The van der Waals surface area contributed by atoms with Crippen molar-refractivity contribution < 1.29 is 4.79 Å². The topological polar surface area (TPSA) is 48.8 Å². The van der Waals surface area contributed by atoms with E-state index in [1.54, 1.807) is 35.3 Å². The van der Waals surface area contributed by atoms with Gasteiger partial charge in [0.15, 0.2) is 5.11 Å². The van der Waals surface area contributed by atoms with Crippen molar-refractivity contribution in [2.75, 3.05) is 20.6 Å². The van der Waals surface area contributed by atoms with E-state index in [4.69, 9.17) is 12.2 Å². The first-order chi connectivity index (χ1) is 12.2. The van der Waals surface area contributed by atoms with Crippen LogP contribution >= 0.6 is 35.3 Å². The molecule has 0 unspecified atom stereocenters. The molecule has 0 radical (unpaired) electrons. The summed E-state index contributed by atoms with van der Waals surface area (Å²) in [7, 11) is 3.43. The molecule has 0 aromatic carbocycles. The highest BCUT2D eigenvalue weighted by atomic mass is 32.2. The number of hydrogen-bond acceptors (Lipinski definition) is 6. The molecular formula is C17H22N4O2S3. The highest BCUT2D eigenvalue weighted by molar-refractivity contribution is 8.11. The molecule has 0 N–H and O–H groups in total. The van der Waals surface area contributed by atoms with E-state index in [0.29, 0.717) is 26.5 Å². The van der Waals surface area contributed by atoms with Gasteiger partial charge in [-0.3, -0.25) is 19.1 Å². The van der Waals surface area contributed by atoms with E-state index >= 15 is 0 Å². The van der Waals surface area contributed by atoms with Crippen LogP contribution in [0.25, 0.3) is 10.7 Å². The van der Waals surface area contributed by atoms with E-state index in [2.05, 4.69) is 25.7 Å². The van der Waals surface area contributed by atoms with Crippen LogP contribution in [-0.2, 0) is 11.3 Å². The SMILES string of the molecule is CCN1C(C)=C(C)SC1=c1sc(=C2C(=O)N(C)C(=S)N2C)n(CC)c1=O. The Labute approximate surface area is 166 Å². The van der Waals surface area contributed by atoms with Gasteiger partial charge in [0.25, 0.3) is 11.5 Å². The fourth-order valence-corrected chi connectivity index (χ4v) is 5.88. The van der Waals surface area contributed by atoms with Gasteiger partial charge in [-0.25, -0.2) is 0 Å². The molecule has 1 fully saturated rings. The Morgan fingerprint density at radius 2 is 1.69 bits per heavy atom. The summed E-state index contributed by atoms with van der Waals surface area (Å²) in [5.41, 5.74) is 1.60. The molecule has 0 aliphatic carbocycles. The predicted molar refractivity (Wildman–Crippen MR) is 112 cm³/mol. The van der Waals surface area contributed by atoms with Crippen LogP contribution in [0.4, 0.5) is 0 Å². The summed E-state index contributed by atoms with van der Waals surface area (Å²) in [6.45, 7) is 9.43. The van der Waals surface area contributed by atoms with Gasteiger partial charge in [0.2, 0.25) is 0 Å². The number of aromatic nitrogens is 1. The minimum Gasteiger partial charge on any atom is -0.338 e. The van der Waals surface area contributed by atoms with Crippen LogP contribution in [0.2, 0.25) is 0 Å². The second-order valence-electron chi connectivity index (χ2n) is 6.13. The largest absolute Gasteiger partial charge is 0.338 e. The fraction of sp³-hybridized carbons (Fsp3) is 0.471. The first kappa shape index (κ1) is 19.2. The Hall–Kier alpha value is -1.58. The van der Waals surface area contributed by atoms with Gasteiger partial charge in [0, 0.05) is 37.8 Å². The van der Waals surface area contributed by atoms with Gasteiger partial charge in [-0.15, -0.1) is 11.3 Å². The third-order valence-corrected chi connectivity index (χ3v) is 7.81. The van der Waals surface area contributed by atoms with E-state index in [9.17, 15) is 9.59 Å². The first-order valence-corrected chi connectivity index (χ1v) is 10.5. The third-order valence-electron chi connectivity index (χ3n) is 4.74. The molecule has 2 aliphatic rings. The van der Waals surface area contributed by atoms with E-state index in [0.717, 1.165) is 11.6 Å². The number of thiocarbonyl (C=S) groups is 1. The maximum absolute atomic E-state index is 13.1. The molecule has 0 bridgehead atoms. The summed E-state index contributed by atoms with van der Waals surface area (Å²) in [6, 6.07) is 0. The Bertz CT molecular complexity index is 1020. The Morgan fingerprint density at radius 3 is 2.19 bits per heavy atom. The summed E-state index contributed by atoms with van der Waals surface area (Å²) in [4.78, 5) is 32.3. The van der Waals surface area contributed by atoms with Crippen LogP contribution in [0.1, 0.15) is 27.7 Å². The zero-order valence-corrected chi connectivity index (χ0v) is 18.2. The minimum absolute atomic E-state index is 0.0508. The fourth-order valence-electron chi connectivity index (χ4n) is 3.12. The smallest absolute Gasteiger partial charge is 0.279 e. The summed E-state index contributed by atoms with van der Waals surface area (Å²) in [5, 5.41) is 1.40. The monoisotopic (exact) mass is 410 g/mol. The van der Waals surface area contributed by atoms with Crippen LogP contribution < -0.4 is 14.8 Å². The quantitative estimate of drug-likeness (QED) is 0.681. The molecule has 0 atom stereocenters. The van der Waals surface area contributed by atoms with Crippen LogP contribution in [0.3, 0.4) is 0 Å². The molecule has 9 heteroatoms. The number of carbonyl (C=O) groups is 1. The number of rotatable bonds is 2. The third kappa shape index (κ3) is 2.64. The van der Waals surface area contributed by atoms with Crippen LogP contribution in [0, 0.1) is 0 Å². The molecule has 2 aliphatic heterocycles. The van der Waals surface area contributed by atoms with Gasteiger partial charge in [0.05, 0.1) is 0 Å². The molecular weight excluding hydrogens is 388 g/mol. The lowest BCUT2D eigenvalue weighted by atomic mass is 10.4. The van der Waals surface area contributed by atoms with Gasteiger partial charge in [-0.05, 0) is 39.9 Å². The van der Waals surface area contributed by atoms with Gasteiger partial charge in [0.1, 0.15) is 19.9 Å². The van der Waals surface area contributed by atoms with Crippen molar-refractivity contribution in [1.29, 1.82) is 0 Å². The average Bonchev–Trinajstić information content (AvgIpc) is 3.15. The van der Waals surface area contributed by atoms with Crippen molar-refractivity contribution in [1.82, 2.24) is 19.3 Å². The molecule has 3 heterocycles. The van der Waals surface area contributed by atoms with Crippen LogP contribution in [-0.4, -0.2) is 50.9 Å². The molecule has 26 heavy (non-hydrogen) atoms. The molecule has 1 saturated heterocycles. The molecule has 0 saturated carbocycles. The summed E-state index contributed by atoms with van der Waals surface area (Å²) < 4.78 is 3.02. The van der Waals surface area contributed by atoms with E-state index in [1.807, 2.05) is 6.92 Å². The van der Waals surface area contributed by atoms with Crippen LogP contribution in [0.5, 0.6) is 0 Å². The minimum atomic E-state index is -0.172. The number of nitrogens with zero attached hydrogens (tertiary/aromatic N) is 4. The molecule has 1 amide bonds. The van der Waals surface area contributed by atoms with E-state index < -0.39 is 0 Å². The lowest BCUT2D eigenvalue weighted by Crippen LogP contribution is -2.35. The number of amides is 1. The first-order valence-electron chi connectivity index (χ1n) is 8.41. The van der Waals surface area contributed by atoms with E-state index in [-0.39, 0.29) is 11.5 Å². The second kappa shape index (κ2) is 6.86. The van der Waals surface area contributed by atoms with Gasteiger partial charge in [-0.1, -0.05) is 11.8 Å². The molecule has 1 aromatic rings. The summed E-state index contributed by atoms with van der Waals surface area (Å²) in [5.74, 6) is -0.172. The standard InChI is InChI=1S/C17H22N4O2S3/c1-7-20-9(3)10(4)25-16(20)12-14(23)21(8-2)15(26-12)11-13(22)19(6)17(24)18(11)5/h7-8H2,1-6H3. The van der Waals surface area contributed by atoms with Crippen molar-refractivity contribution >= 4 is 57.1 Å². The van der Waals surface area contributed by atoms with Crippen molar-refractivity contribution in [2.24, 2.45) is 0 Å². The summed E-state index contributed by atoms with van der Waals surface area (Å²) >= 11 is 8.32. The van der Waals surface area contributed by atoms with Crippen molar-refractivity contribution in [3.63, 3.8) is 0 Å². The number of allylic oxidation sites excluding steroid dienone is 2. The Morgan fingerprint density at radius 1 is 1.04 bits per heavy atom. The van der Waals surface area contributed by atoms with Gasteiger partial charge >= 0.3 is 0 Å². The number of thiazole rings is 1. The lowest BCUT2D eigenvalue weighted by Gasteiger charge is -2.17. The number of likely N-dealkylation sites (N-methyl/N-ethyl adjacent to an activating group) is 2. The van der Waals surface area contributed by atoms with Gasteiger partial charge < -0.3 is 9.80 Å². The normalized spacial score (nSPS) is 22.5. The zero-order valence-electron chi connectivity index (χ0n) is 15.7. The molecule has 6 nitrogen and oxygen atoms in total. The highest BCUT2D eigenvalue weighted by Crippen LogP contribution is 2.40. The zero-order chi connectivity index (χ0) is 19.3. The Kier molecular flexibility index (Phi) is 5.06. The maximum atomic E-state index is 13.1. The summed E-state index contributed by atoms with van der Waals surface area (Å²) in [6.07, 6.45) is 0. The number of carbonyl (C=O) groups excluding carboxylic acids is 1. The van der Waals surface area contributed by atoms with Gasteiger partial charge in [-0.2, -0.15) is 0 Å². The molecule has 140 valence electrons. The number of thioether (sulfide) groups is 1. The molecule has 3 rings (SSSR count). The Balaban J connectivity index is 2.38. The average molecular weight is 411 g/mol. The van der Waals surface area contributed by atoms with Crippen molar-refractivity contribution in [3.05, 3.63) is 30.2 Å². The number of hydrogen-bond donors (Lipinski definition) is 0. The maximum Gasteiger partial charge on any atom is 0.279 e.